The van der Waals surface area contributed by atoms with Gasteiger partial charge in [0, 0.05) is 10.8 Å². The van der Waals surface area contributed by atoms with Crippen LogP contribution in [0.15, 0.2) is 17.5 Å². The molecule has 2 heterocycles. The fourth-order valence-corrected chi connectivity index (χ4v) is 5.41. The molecule has 5 heteroatoms. The molecule has 1 saturated carbocycles. The van der Waals surface area contributed by atoms with Crippen molar-refractivity contribution in [2.24, 2.45) is 11.8 Å². The van der Waals surface area contributed by atoms with Crippen LogP contribution in [0, 0.1) is 18.8 Å². The number of unbranched alkanes of at least 4 members (excludes halogenated alkanes) is 1. The molecule has 0 atom stereocenters. The highest BCUT2D eigenvalue weighted by Gasteiger charge is 2.26. The highest BCUT2D eigenvalue weighted by Crippen LogP contribution is 2.33. The van der Waals surface area contributed by atoms with E-state index in [0.29, 0.717) is 6.54 Å². The summed E-state index contributed by atoms with van der Waals surface area (Å²) in [5, 5.41) is 6.30. The standard InChI is InChI=1S/C20H28N2OS2/c1-3-4-6-15-8-10-16(11-9-15)19(23)21-13-18-14(2)22-20(25-18)17-7-5-12-24-17/h5,7,12,15-16H,3-4,6,8-11,13H2,1-2H3,(H,21,23). The van der Waals surface area contributed by atoms with Crippen molar-refractivity contribution in [3.05, 3.63) is 28.1 Å². The summed E-state index contributed by atoms with van der Waals surface area (Å²) < 4.78 is 0. The zero-order valence-electron chi connectivity index (χ0n) is 15.2. The Labute approximate surface area is 158 Å². The summed E-state index contributed by atoms with van der Waals surface area (Å²) in [6.45, 7) is 4.90. The lowest BCUT2D eigenvalue weighted by Crippen LogP contribution is -2.32. The Kier molecular flexibility index (Phi) is 6.65. The Morgan fingerprint density at radius 1 is 1.32 bits per heavy atom. The van der Waals surface area contributed by atoms with Gasteiger partial charge in [0.05, 0.1) is 17.1 Å². The molecule has 0 aromatic carbocycles. The van der Waals surface area contributed by atoms with Crippen LogP contribution in [0.2, 0.25) is 0 Å². The fraction of sp³-hybridized carbons (Fsp3) is 0.600. The highest BCUT2D eigenvalue weighted by atomic mass is 32.1. The third-order valence-corrected chi connectivity index (χ3v) is 7.43. The first-order chi connectivity index (χ1) is 12.2. The van der Waals surface area contributed by atoms with Crippen molar-refractivity contribution in [3.8, 4) is 9.88 Å². The number of rotatable bonds is 7. The molecule has 3 rings (SSSR count). The first kappa shape index (κ1) is 18.6. The largest absolute Gasteiger partial charge is 0.351 e. The third-order valence-electron chi connectivity index (χ3n) is 5.23. The number of aromatic nitrogens is 1. The summed E-state index contributed by atoms with van der Waals surface area (Å²) in [5.74, 6) is 1.29. The van der Waals surface area contributed by atoms with E-state index in [2.05, 4.69) is 34.7 Å². The Morgan fingerprint density at radius 3 is 2.80 bits per heavy atom. The zero-order valence-corrected chi connectivity index (χ0v) is 16.8. The van der Waals surface area contributed by atoms with Crippen LogP contribution in [0.3, 0.4) is 0 Å². The van der Waals surface area contributed by atoms with Gasteiger partial charge in [-0.2, -0.15) is 0 Å². The van der Waals surface area contributed by atoms with Gasteiger partial charge in [0.15, 0.2) is 0 Å². The molecule has 0 aliphatic heterocycles. The van der Waals surface area contributed by atoms with E-state index in [0.717, 1.165) is 29.5 Å². The molecule has 3 nitrogen and oxygen atoms in total. The molecule has 136 valence electrons. The maximum Gasteiger partial charge on any atom is 0.223 e. The van der Waals surface area contributed by atoms with Crippen LogP contribution >= 0.6 is 22.7 Å². The van der Waals surface area contributed by atoms with Gasteiger partial charge in [0.25, 0.3) is 0 Å². The van der Waals surface area contributed by atoms with E-state index in [9.17, 15) is 4.79 Å². The van der Waals surface area contributed by atoms with Gasteiger partial charge in [-0.3, -0.25) is 4.79 Å². The predicted molar refractivity (Wildman–Crippen MR) is 107 cm³/mol. The van der Waals surface area contributed by atoms with Crippen LogP contribution in [0.25, 0.3) is 9.88 Å². The lowest BCUT2D eigenvalue weighted by Gasteiger charge is -2.27. The van der Waals surface area contributed by atoms with E-state index >= 15 is 0 Å². The second-order valence-electron chi connectivity index (χ2n) is 7.08. The molecule has 1 N–H and O–H groups in total. The number of carbonyl (C=O) groups excluding carboxylic acids is 1. The number of amides is 1. The van der Waals surface area contributed by atoms with Gasteiger partial charge < -0.3 is 5.32 Å². The van der Waals surface area contributed by atoms with E-state index in [1.807, 2.05) is 6.92 Å². The summed E-state index contributed by atoms with van der Waals surface area (Å²) in [6.07, 6.45) is 8.52. The van der Waals surface area contributed by atoms with Crippen molar-refractivity contribution in [1.29, 1.82) is 0 Å². The number of hydrogen-bond acceptors (Lipinski definition) is 4. The Balaban J connectivity index is 1.48. The van der Waals surface area contributed by atoms with Crippen molar-refractivity contribution in [2.75, 3.05) is 0 Å². The molecule has 1 aliphatic rings. The predicted octanol–water partition coefficient (Wildman–Crippen LogP) is 5.79. The summed E-state index contributed by atoms with van der Waals surface area (Å²) in [6, 6.07) is 4.15. The monoisotopic (exact) mass is 376 g/mol. The van der Waals surface area contributed by atoms with Gasteiger partial charge in [0.2, 0.25) is 5.91 Å². The van der Waals surface area contributed by atoms with E-state index in [-0.39, 0.29) is 11.8 Å². The summed E-state index contributed by atoms with van der Waals surface area (Å²) in [4.78, 5) is 19.6. The quantitative estimate of drug-likeness (QED) is 0.664. The maximum absolute atomic E-state index is 12.5. The molecule has 0 spiro atoms. The van der Waals surface area contributed by atoms with E-state index in [1.165, 1.54) is 41.9 Å². The Hall–Kier alpha value is -1.20. The first-order valence-electron chi connectivity index (χ1n) is 9.45. The van der Waals surface area contributed by atoms with E-state index < -0.39 is 0 Å². The molecular formula is C20H28N2OS2. The van der Waals surface area contributed by atoms with Crippen LogP contribution < -0.4 is 5.32 Å². The number of hydrogen-bond donors (Lipinski definition) is 1. The fourth-order valence-electron chi connectivity index (χ4n) is 3.62. The molecule has 0 unspecified atom stereocenters. The van der Waals surface area contributed by atoms with Crippen LogP contribution in [0.5, 0.6) is 0 Å². The van der Waals surface area contributed by atoms with E-state index in [1.54, 1.807) is 22.7 Å². The number of nitrogens with zero attached hydrogens (tertiary/aromatic N) is 1. The average Bonchev–Trinajstić information content (AvgIpc) is 3.28. The molecule has 1 aliphatic carbocycles. The van der Waals surface area contributed by atoms with Gasteiger partial charge in [-0.1, -0.05) is 32.3 Å². The highest BCUT2D eigenvalue weighted by molar-refractivity contribution is 7.21. The van der Waals surface area contributed by atoms with Gasteiger partial charge in [-0.25, -0.2) is 4.98 Å². The Bertz CT molecular complexity index is 670. The van der Waals surface area contributed by atoms with Gasteiger partial charge in [-0.05, 0) is 50.0 Å². The second kappa shape index (κ2) is 8.95. The summed E-state index contributed by atoms with van der Waals surface area (Å²) in [7, 11) is 0. The molecule has 2 aromatic rings. The normalized spacial score (nSPS) is 20.6. The van der Waals surface area contributed by atoms with Crippen LogP contribution in [0.1, 0.15) is 62.4 Å². The molecule has 1 amide bonds. The first-order valence-corrected chi connectivity index (χ1v) is 11.1. The lowest BCUT2D eigenvalue weighted by molar-refractivity contribution is -0.126. The SMILES string of the molecule is CCCCC1CCC(C(=O)NCc2sc(-c3cccs3)nc2C)CC1. The molecule has 0 saturated heterocycles. The Morgan fingerprint density at radius 2 is 2.12 bits per heavy atom. The van der Waals surface area contributed by atoms with Crippen molar-refractivity contribution in [1.82, 2.24) is 10.3 Å². The molecule has 2 aromatic heterocycles. The van der Waals surface area contributed by atoms with Crippen LogP contribution in [-0.2, 0) is 11.3 Å². The third kappa shape index (κ3) is 4.91. The van der Waals surface area contributed by atoms with E-state index in [4.69, 9.17) is 0 Å². The zero-order chi connectivity index (χ0) is 17.6. The lowest BCUT2D eigenvalue weighted by atomic mass is 9.79. The molecule has 1 fully saturated rings. The number of aryl methyl sites for hydroxylation is 1. The number of thiazole rings is 1. The molecule has 25 heavy (non-hydrogen) atoms. The molecule has 0 bridgehead atoms. The minimum atomic E-state index is 0.211. The number of carbonyl (C=O) groups is 1. The molecule has 0 radical (unpaired) electrons. The van der Waals surface area contributed by atoms with Crippen LogP contribution in [0.4, 0.5) is 0 Å². The molecular weight excluding hydrogens is 348 g/mol. The number of nitrogens with one attached hydrogen (secondary N) is 1. The minimum Gasteiger partial charge on any atom is -0.351 e. The van der Waals surface area contributed by atoms with Crippen molar-refractivity contribution >= 4 is 28.6 Å². The van der Waals surface area contributed by atoms with Gasteiger partial charge in [0.1, 0.15) is 5.01 Å². The van der Waals surface area contributed by atoms with Crippen molar-refractivity contribution < 1.29 is 4.79 Å². The summed E-state index contributed by atoms with van der Waals surface area (Å²) in [5.41, 5.74) is 1.04. The van der Waals surface area contributed by atoms with Crippen LogP contribution in [-0.4, -0.2) is 10.9 Å². The summed E-state index contributed by atoms with van der Waals surface area (Å²) >= 11 is 3.41. The van der Waals surface area contributed by atoms with Gasteiger partial charge in [-0.15, -0.1) is 22.7 Å². The smallest absolute Gasteiger partial charge is 0.223 e. The average molecular weight is 377 g/mol. The maximum atomic E-state index is 12.5. The second-order valence-corrected chi connectivity index (χ2v) is 9.11. The van der Waals surface area contributed by atoms with Crippen molar-refractivity contribution in [3.63, 3.8) is 0 Å². The topological polar surface area (TPSA) is 42.0 Å². The van der Waals surface area contributed by atoms with Crippen molar-refractivity contribution in [2.45, 2.75) is 65.3 Å². The number of thiophene rings is 1. The van der Waals surface area contributed by atoms with Gasteiger partial charge >= 0.3 is 0 Å². The minimum absolute atomic E-state index is 0.211.